The Kier molecular flexibility index (Phi) is 3.72. The van der Waals surface area contributed by atoms with E-state index in [0.717, 1.165) is 0 Å². The predicted octanol–water partition coefficient (Wildman–Crippen LogP) is 2.40. The van der Waals surface area contributed by atoms with Crippen molar-refractivity contribution in [1.29, 1.82) is 0 Å². The van der Waals surface area contributed by atoms with Crippen molar-refractivity contribution < 1.29 is 8.39 Å². The van der Waals surface area contributed by atoms with Gasteiger partial charge in [-0.25, -0.2) is 4.21 Å². The molecule has 0 radical (unpaired) electrons. The van der Waals surface area contributed by atoms with Crippen molar-refractivity contribution >= 4 is 22.7 Å². The van der Waals surface area contributed by atoms with Crippen LogP contribution in [0.4, 0.5) is 0 Å². The quantitative estimate of drug-likeness (QED) is 0.756. The maximum atomic E-state index is 11.3. The van der Waals surface area contributed by atoms with Crippen LogP contribution in [0.15, 0.2) is 29.2 Å². The van der Waals surface area contributed by atoms with E-state index in [2.05, 4.69) is 0 Å². The molecule has 0 aliphatic rings. The van der Waals surface area contributed by atoms with Gasteiger partial charge in [0.05, 0.1) is 16.5 Å². The largest absolute Gasteiger partial charge is 0.287 e. The second kappa shape index (κ2) is 4.60. The molecule has 0 N–H and O–H groups in total. The third-order valence-corrected chi connectivity index (χ3v) is 2.85. The highest BCUT2D eigenvalue weighted by Gasteiger charge is 2.06. The van der Waals surface area contributed by atoms with Crippen LogP contribution in [0.2, 0.25) is 5.02 Å². The molecule has 0 saturated carbocycles. The molecule has 1 atom stereocenters. The summed E-state index contributed by atoms with van der Waals surface area (Å²) in [4.78, 5) is 0.529. The summed E-state index contributed by atoms with van der Waals surface area (Å²) in [5.41, 5.74) is 0. The van der Waals surface area contributed by atoms with E-state index in [9.17, 15) is 4.21 Å². The van der Waals surface area contributed by atoms with Gasteiger partial charge >= 0.3 is 0 Å². The van der Waals surface area contributed by atoms with Gasteiger partial charge in [-0.2, -0.15) is 0 Å². The summed E-state index contributed by atoms with van der Waals surface area (Å²) >= 11 is 4.35. The van der Waals surface area contributed by atoms with E-state index in [1.807, 2.05) is 0 Å². The monoisotopic (exact) mass is 204 g/mol. The van der Waals surface area contributed by atoms with Gasteiger partial charge in [-0.15, -0.1) is 0 Å². The highest BCUT2D eigenvalue weighted by Crippen LogP contribution is 2.19. The van der Waals surface area contributed by atoms with Crippen LogP contribution < -0.4 is 0 Å². The average molecular weight is 205 g/mol. The van der Waals surface area contributed by atoms with Crippen LogP contribution >= 0.6 is 11.6 Å². The van der Waals surface area contributed by atoms with Crippen molar-refractivity contribution in [3.05, 3.63) is 29.3 Å². The fraction of sp³-hybridized carbons (Fsp3) is 0.250. The van der Waals surface area contributed by atoms with Crippen LogP contribution in [0.5, 0.6) is 0 Å². The fourth-order valence-corrected chi connectivity index (χ4v) is 1.83. The number of halogens is 1. The molecule has 0 saturated heterocycles. The van der Waals surface area contributed by atoms with Crippen molar-refractivity contribution in [3.63, 3.8) is 0 Å². The predicted molar refractivity (Wildman–Crippen MR) is 49.5 cm³/mol. The van der Waals surface area contributed by atoms with E-state index in [1.165, 1.54) is 0 Å². The molecule has 0 bridgehead atoms. The molecule has 0 aromatic heterocycles. The van der Waals surface area contributed by atoms with E-state index < -0.39 is 11.1 Å². The Balaban J connectivity index is 2.87. The topological polar surface area (TPSA) is 26.3 Å². The van der Waals surface area contributed by atoms with E-state index in [-0.39, 0.29) is 0 Å². The Hall–Kier alpha value is -0.380. The number of rotatable bonds is 3. The van der Waals surface area contributed by atoms with Crippen molar-refractivity contribution in [1.82, 2.24) is 0 Å². The molecule has 0 spiro atoms. The van der Waals surface area contributed by atoms with Crippen LogP contribution in [-0.2, 0) is 15.3 Å². The molecule has 4 heteroatoms. The maximum absolute atomic E-state index is 11.3. The Bertz CT molecular complexity index is 288. The lowest BCUT2D eigenvalue weighted by Gasteiger charge is -2.01. The standard InChI is InChI=1S/C8H9ClO2S/c1-2-11-12(10)8-6-4-3-5-7(8)9/h3-6H,2H2,1H3/t12-/m1/s1. The minimum Gasteiger partial charge on any atom is -0.287 e. The Morgan fingerprint density at radius 3 is 2.75 bits per heavy atom. The van der Waals surface area contributed by atoms with Gasteiger partial charge in [-0.3, -0.25) is 4.18 Å². The Labute approximate surface area is 79.2 Å². The highest BCUT2D eigenvalue weighted by atomic mass is 35.5. The summed E-state index contributed by atoms with van der Waals surface area (Å²) in [6, 6.07) is 6.94. The van der Waals surface area contributed by atoms with E-state index in [0.29, 0.717) is 16.5 Å². The van der Waals surface area contributed by atoms with Gasteiger partial charge in [-0.05, 0) is 19.1 Å². The molecule has 0 fully saturated rings. The normalized spacial score (nSPS) is 12.8. The zero-order valence-corrected chi connectivity index (χ0v) is 8.19. The first-order valence-corrected chi connectivity index (χ1v) is 5.00. The van der Waals surface area contributed by atoms with Crippen LogP contribution in [0, 0.1) is 0 Å². The van der Waals surface area contributed by atoms with Crippen LogP contribution in [0.3, 0.4) is 0 Å². The lowest BCUT2D eigenvalue weighted by Crippen LogP contribution is -1.97. The van der Waals surface area contributed by atoms with Crippen LogP contribution in [-0.4, -0.2) is 10.8 Å². The molecule has 12 heavy (non-hydrogen) atoms. The summed E-state index contributed by atoms with van der Waals surface area (Å²) in [7, 11) is 0. The first-order valence-electron chi connectivity index (χ1n) is 3.55. The fourth-order valence-electron chi connectivity index (χ4n) is 0.750. The van der Waals surface area contributed by atoms with Crippen molar-refractivity contribution in [2.24, 2.45) is 0 Å². The zero-order chi connectivity index (χ0) is 8.97. The van der Waals surface area contributed by atoms with Gasteiger partial charge in [-0.1, -0.05) is 23.7 Å². The van der Waals surface area contributed by atoms with E-state index >= 15 is 0 Å². The molecular weight excluding hydrogens is 196 g/mol. The first kappa shape index (κ1) is 9.71. The number of hydrogen-bond acceptors (Lipinski definition) is 2. The Morgan fingerprint density at radius 2 is 2.17 bits per heavy atom. The molecule has 1 aromatic rings. The molecule has 0 heterocycles. The van der Waals surface area contributed by atoms with Gasteiger partial charge < -0.3 is 0 Å². The Morgan fingerprint density at radius 1 is 1.50 bits per heavy atom. The third-order valence-electron chi connectivity index (χ3n) is 1.24. The van der Waals surface area contributed by atoms with E-state index in [1.54, 1.807) is 31.2 Å². The van der Waals surface area contributed by atoms with Crippen molar-refractivity contribution in [2.75, 3.05) is 6.61 Å². The van der Waals surface area contributed by atoms with Crippen LogP contribution in [0.1, 0.15) is 6.92 Å². The summed E-state index contributed by atoms with van der Waals surface area (Å²) in [6.07, 6.45) is 0. The minimum atomic E-state index is -1.43. The second-order valence-corrected chi connectivity index (χ2v) is 3.62. The third kappa shape index (κ3) is 2.30. The number of hydrogen-bond donors (Lipinski definition) is 0. The summed E-state index contributed by atoms with van der Waals surface area (Å²) in [5, 5.41) is 0.476. The summed E-state index contributed by atoms with van der Waals surface area (Å²) in [5.74, 6) is 0. The van der Waals surface area contributed by atoms with Crippen LogP contribution in [0.25, 0.3) is 0 Å². The molecule has 0 amide bonds. The van der Waals surface area contributed by atoms with Crippen molar-refractivity contribution in [3.8, 4) is 0 Å². The lowest BCUT2D eigenvalue weighted by atomic mass is 10.4. The maximum Gasteiger partial charge on any atom is 0.190 e. The average Bonchev–Trinajstić information content (AvgIpc) is 2.05. The molecule has 66 valence electrons. The highest BCUT2D eigenvalue weighted by molar-refractivity contribution is 7.80. The van der Waals surface area contributed by atoms with Gasteiger partial charge in [0.2, 0.25) is 0 Å². The molecule has 1 aromatic carbocycles. The molecular formula is C8H9ClO2S. The summed E-state index contributed by atoms with van der Waals surface area (Å²) in [6.45, 7) is 2.20. The minimum absolute atomic E-state index is 0.415. The number of benzene rings is 1. The van der Waals surface area contributed by atoms with Gasteiger partial charge in [0.15, 0.2) is 11.1 Å². The molecule has 2 nitrogen and oxygen atoms in total. The van der Waals surface area contributed by atoms with Gasteiger partial charge in [0, 0.05) is 0 Å². The summed E-state index contributed by atoms with van der Waals surface area (Å²) < 4.78 is 16.2. The SMILES string of the molecule is CCO[S@@](=O)c1ccccc1Cl. The molecule has 0 unspecified atom stereocenters. The lowest BCUT2D eigenvalue weighted by molar-refractivity contribution is 0.371. The first-order chi connectivity index (χ1) is 5.75. The molecule has 1 rings (SSSR count). The second-order valence-electron chi connectivity index (χ2n) is 2.07. The molecule has 0 aliphatic heterocycles. The molecule has 0 aliphatic carbocycles. The van der Waals surface area contributed by atoms with E-state index in [4.69, 9.17) is 15.8 Å². The van der Waals surface area contributed by atoms with Crippen molar-refractivity contribution in [2.45, 2.75) is 11.8 Å². The van der Waals surface area contributed by atoms with Gasteiger partial charge in [0.25, 0.3) is 0 Å². The zero-order valence-electron chi connectivity index (χ0n) is 6.62. The van der Waals surface area contributed by atoms with Gasteiger partial charge in [0.1, 0.15) is 0 Å². The smallest absolute Gasteiger partial charge is 0.190 e.